The Bertz CT molecular complexity index is 461. The molecule has 1 heterocycles. The highest BCUT2D eigenvalue weighted by Crippen LogP contribution is 2.04. The first kappa shape index (κ1) is 19.7. The van der Waals surface area contributed by atoms with Gasteiger partial charge in [0.1, 0.15) is 0 Å². The van der Waals surface area contributed by atoms with Crippen LogP contribution in [0.5, 0.6) is 0 Å². The second-order valence-corrected chi connectivity index (χ2v) is 5.71. The van der Waals surface area contributed by atoms with E-state index in [2.05, 4.69) is 41.1 Å². The van der Waals surface area contributed by atoms with Gasteiger partial charge in [-0.15, -0.1) is 19.0 Å². The van der Waals surface area contributed by atoms with E-state index in [1.165, 1.54) is 5.56 Å². The lowest BCUT2D eigenvalue weighted by Gasteiger charge is -2.28. The Hall–Kier alpha value is -1.36. The van der Waals surface area contributed by atoms with Crippen molar-refractivity contribution in [3.8, 4) is 0 Å². The molecule has 0 radical (unpaired) electrons. The molecule has 1 amide bonds. The van der Waals surface area contributed by atoms with E-state index in [4.69, 9.17) is 0 Å². The number of nitrogens with zero attached hydrogens (tertiary/aromatic N) is 2. The summed E-state index contributed by atoms with van der Waals surface area (Å²) in [6, 6.07) is 10.5. The quantitative estimate of drug-likeness (QED) is 0.737. The third-order valence-electron chi connectivity index (χ3n) is 4.06. The molecule has 1 aliphatic heterocycles. The number of nitrogens with one attached hydrogen (secondary N) is 1. The molecule has 23 heavy (non-hydrogen) atoms. The third kappa shape index (κ3) is 7.16. The van der Waals surface area contributed by atoms with Crippen molar-refractivity contribution in [2.75, 3.05) is 45.8 Å². The second-order valence-electron chi connectivity index (χ2n) is 5.71. The Morgan fingerprint density at radius 1 is 1.22 bits per heavy atom. The van der Waals surface area contributed by atoms with Crippen LogP contribution in [-0.2, 0) is 11.2 Å². The maximum atomic E-state index is 12.2. The van der Waals surface area contributed by atoms with Crippen molar-refractivity contribution in [2.24, 2.45) is 0 Å². The molecule has 0 spiro atoms. The number of hydrogen-bond acceptors (Lipinski definition) is 3. The number of carbonyl (C=O) groups is 1. The predicted octanol–water partition coefficient (Wildman–Crippen LogP) is 1.96. The minimum atomic E-state index is 0. The highest BCUT2D eigenvalue weighted by Gasteiger charge is 2.16. The summed E-state index contributed by atoms with van der Waals surface area (Å²) in [6.45, 7) is 9.93. The largest absolute Gasteiger partial charge is 0.340 e. The molecule has 1 N–H and O–H groups in total. The van der Waals surface area contributed by atoms with Gasteiger partial charge in [-0.3, -0.25) is 9.69 Å². The second kappa shape index (κ2) is 11.2. The normalized spacial score (nSPS) is 14.4. The smallest absolute Gasteiger partial charge is 0.223 e. The molecule has 1 aromatic rings. The summed E-state index contributed by atoms with van der Waals surface area (Å²) in [7, 11) is 0. The zero-order valence-corrected chi connectivity index (χ0v) is 14.6. The fourth-order valence-electron chi connectivity index (χ4n) is 2.73. The number of piperazine rings is 1. The van der Waals surface area contributed by atoms with E-state index >= 15 is 0 Å². The van der Waals surface area contributed by atoms with Gasteiger partial charge in [-0.05, 0) is 12.0 Å². The molecule has 0 atom stereocenters. The summed E-state index contributed by atoms with van der Waals surface area (Å²) in [5.41, 5.74) is 1.34. The third-order valence-corrected chi connectivity index (χ3v) is 4.06. The molecule has 0 aliphatic carbocycles. The summed E-state index contributed by atoms with van der Waals surface area (Å²) >= 11 is 0. The number of amides is 1. The van der Waals surface area contributed by atoms with E-state index in [1.807, 2.05) is 17.0 Å². The molecule has 1 saturated heterocycles. The van der Waals surface area contributed by atoms with Crippen molar-refractivity contribution in [1.29, 1.82) is 0 Å². The van der Waals surface area contributed by atoms with Gasteiger partial charge in [0.05, 0.1) is 0 Å². The van der Waals surface area contributed by atoms with Crippen LogP contribution in [0, 0.1) is 0 Å². The molecule has 1 fully saturated rings. The van der Waals surface area contributed by atoms with Crippen molar-refractivity contribution < 1.29 is 4.79 Å². The molecular weight excluding hydrogens is 310 g/mol. The van der Waals surface area contributed by atoms with Gasteiger partial charge in [-0.1, -0.05) is 36.4 Å². The SMILES string of the molecule is C=CCN(CCC(=O)N1CCNCC1)CCc1ccccc1.Cl. The fourth-order valence-corrected chi connectivity index (χ4v) is 2.73. The molecule has 1 aliphatic rings. The van der Waals surface area contributed by atoms with Gasteiger partial charge in [0.25, 0.3) is 0 Å². The highest BCUT2D eigenvalue weighted by molar-refractivity contribution is 5.85. The van der Waals surface area contributed by atoms with Crippen LogP contribution in [0.1, 0.15) is 12.0 Å². The lowest BCUT2D eigenvalue weighted by Crippen LogP contribution is -2.47. The van der Waals surface area contributed by atoms with E-state index in [0.29, 0.717) is 6.42 Å². The maximum Gasteiger partial charge on any atom is 0.223 e. The fraction of sp³-hybridized carbons (Fsp3) is 0.500. The van der Waals surface area contributed by atoms with Crippen LogP contribution in [0.15, 0.2) is 43.0 Å². The van der Waals surface area contributed by atoms with Crippen LogP contribution in [-0.4, -0.2) is 61.5 Å². The van der Waals surface area contributed by atoms with Gasteiger partial charge in [-0.2, -0.15) is 0 Å². The molecule has 5 heteroatoms. The topological polar surface area (TPSA) is 35.6 Å². The zero-order chi connectivity index (χ0) is 15.6. The van der Waals surface area contributed by atoms with Crippen molar-refractivity contribution in [1.82, 2.24) is 15.1 Å². The minimum Gasteiger partial charge on any atom is -0.340 e. The molecule has 0 unspecified atom stereocenters. The summed E-state index contributed by atoms with van der Waals surface area (Å²) in [6.07, 6.45) is 3.53. The Labute approximate surface area is 145 Å². The number of carbonyl (C=O) groups excluding carboxylic acids is 1. The van der Waals surface area contributed by atoms with Crippen molar-refractivity contribution in [3.05, 3.63) is 48.6 Å². The van der Waals surface area contributed by atoms with Crippen LogP contribution in [0.25, 0.3) is 0 Å². The lowest BCUT2D eigenvalue weighted by molar-refractivity contribution is -0.132. The van der Waals surface area contributed by atoms with E-state index in [1.54, 1.807) is 0 Å². The van der Waals surface area contributed by atoms with Gasteiger partial charge in [-0.25, -0.2) is 0 Å². The van der Waals surface area contributed by atoms with E-state index < -0.39 is 0 Å². The van der Waals surface area contributed by atoms with Crippen LogP contribution < -0.4 is 5.32 Å². The van der Waals surface area contributed by atoms with Crippen molar-refractivity contribution >= 4 is 18.3 Å². The maximum absolute atomic E-state index is 12.2. The number of halogens is 1. The molecule has 0 bridgehead atoms. The lowest BCUT2D eigenvalue weighted by atomic mass is 10.1. The Balaban J connectivity index is 0.00000264. The van der Waals surface area contributed by atoms with Crippen molar-refractivity contribution in [2.45, 2.75) is 12.8 Å². The molecule has 0 saturated carbocycles. The molecule has 128 valence electrons. The standard InChI is InChI=1S/C18H27N3O.ClH/c1-2-12-20(13-8-17-6-4-3-5-7-17)14-9-18(22)21-15-10-19-11-16-21;/h2-7,19H,1,8-16H2;1H. The van der Waals surface area contributed by atoms with Crippen LogP contribution in [0.4, 0.5) is 0 Å². The molecule has 0 aromatic heterocycles. The average Bonchev–Trinajstić information content (AvgIpc) is 2.59. The van der Waals surface area contributed by atoms with E-state index in [-0.39, 0.29) is 18.3 Å². The van der Waals surface area contributed by atoms with Gasteiger partial charge in [0, 0.05) is 52.2 Å². The van der Waals surface area contributed by atoms with Crippen LogP contribution >= 0.6 is 12.4 Å². The number of rotatable bonds is 8. The van der Waals surface area contributed by atoms with Gasteiger partial charge < -0.3 is 10.2 Å². The Morgan fingerprint density at radius 2 is 1.91 bits per heavy atom. The zero-order valence-electron chi connectivity index (χ0n) is 13.7. The van der Waals surface area contributed by atoms with Crippen LogP contribution in [0.2, 0.25) is 0 Å². The summed E-state index contributed by atoms with van der Waals surface area (Å²) < 4.78 is 0. The number of benzene rings is 1. The summed E-state index contributed by atoms with van der Waals surface area (Å²) in [5, 5.41) is 3.28. The van der Waals surface area contributed by atoms with E-state index in [0.717, 1.165) is 52.2 Å². The molecule has 2 rings (SSSR count). The monoisotopic (exact) mass is 337 g/mol. The number of hydrogen-bond donors (Lipinski definition) is 1. The van der Waals surface area contributed by atoms with Gasteiger partial charge in [0.2, 0.25) is 5.91 Å². The molecule has 4 nitrogen and oxygen atoms in total. The Morgan fingerprint density at radius 3 is 2.57 bits per heavy atom. The van der Waals surface area contributed by atoms with Crippen molar-refractivity contribution in [3.63, 3.8) is 0 Å². The first-order valence-electron chi connectivity index (χ1n) is 8.15. The molecule has 1 aromatic carbocycles. The summed E-state index contributed by atoms with van der Waals surface area (Å²) in [4.78, 5) is 16.5. The Kier molecular flexibility index (Phi) is 9.60. The highest BCUT2D eigenvalue weighted by atomic mass is 35.5. The first-order chi connectivity index (χ1) is 10.8. The van der Waals surface area contributed by atoms with Crippen LogP contribution in [0.3, 0.4) is 0 Å². The minimum absolute atomic E-state index is 0. The summed E-state index contributed by atoms with van der Waals surface area (Å²) in [5.74, 6) is 0.273. The average molecular weight is 338 g/mol. The molecular formula is C18H28ClN3O. The predicted molar refractivity (Wildman–Crippen MR) is 98.1 cm³/mol. The van der Waals surface area contributed by atoms with Gasteiger partial charge >= 0.3 is 0 Å². The van der Waals surface area contributed by atoms with Gasteiger partial charge in [0.15, 0.2) is 0 Å². The van der Waals surface area contributed by atoms with E-state index in [9.17, 15) is 4.79 Å². The first-order valence-corrected chi connectivity index (χ1v) is 8.15.